The molecule has 1 aliphatic heterocycles. The summed E-state index contributed by atoms with van der Waals surface area (Å²) in [4.78, 5) is 19.5. The van der Waals surface area contributed by atoms with Crippen LogP contribution in [-0.4, -0.2) is 34.0 Å². The van der Waals surface area contributed by atoms with Gasteiger partial charge in [0, 0.05) is 58.4 Å². The third-order valence-corrected chi connectivity index (χ3v) is 7.95. The van der Waals surface area contributed by atoms with Crippen LogP contribution in [0.15, 0.2) is 97.3 Å². The summed E-state index contributed by atoms with van der Waals surface area (Å²) in [6, 6.07) is 25.1. The van der Waals surface area contributed by atoms with Gasteiger partial charge in [0.2, 0.25) is 0 Å². The highest BCUT2D eigenvalue weighted by atomic mass is 16.5. The van der Waals surface area contributed by atoms with E-state index in [9.17, 15) is 4.79 Å². The number of aromatic amines is 1. The van der Waals surface area contributed by atoms with E-state index >= 15 is 0 Å². The smallest absolute Gasteiger partial charge is 0.255 e. The summed E-state index contributed by atoms with van der Waals surface area (Å²) in [6.07, 6.45) is 11.1. The number of ether oxygens (including phenoxy) is 1. The third kappa shape index (κ3) is 3.66. The van der Waals surface area contributed by atoms with Crippen molar-refractivity contribution in [3.8, 4) is 5.75 Å². The van der Waals surface area contributed by atoms with Crippen LogP contribution in [0, 0.1) is 0 Å². The number of rotatable bonds is 6. The summed E-state index contributed by atoms with van der Waals surface area (Å²) >= 11 is 0. The van der Waals surface area contributed by atoms with E-state index in [1.165, 1.54) is 10.9 Å². The molecule has 0 saturated heterocycles. The van der Waals surface area contributed by atoms with Gasteiger partial charge in [-0.05, 0) is 48.2 Å². The molecule has 2 aliphatic rings. The van der Waals surface area contributed by atoms with Crippen LogP contribution >= 0.6 is 0 Å². The number of nitrogens with zero attached hydrogens (tertiary/aromatic N) is 2. The topological polar surface area (TPSA) is 50.3 Å². The first-order chi connectivity index (χ1) is 18.7. The Bertz CT molecular complexity index is 1740. The number of para-hydroxylation sites is 2. The minimum atomic E-state index is 0.0677. The van der Waals surface area contributed by atoms with Crippen molar-refractivity contribution in [3.63, 3.8) is 0 Å². The van der Waals surface area contributed by atoms with Gasteiger partial charge in [-0.3, -0.25) is 4.79 Å². The van der Waals surface area contributed by atoms with Crippen molar-refractivity contribution < 1.29 is 9.53 Å². The van der Waals surface area contributed by atoms with Crippen molar-refractivity contribution in [2.75, 3.05) is 13.7 Å². The summed E-state index contributed by atoms with van der Waals surface area (Å²) in [5.74, 6) is 0.881. The number of carbonyl (C=O) groups is 1. The second kappa shape index (κ2) is 9.10. The summed E-state index contributed by atoms with van der Waals surface area (Å²) in [6.45, 7) is 1.11. The van der Waals surface area contributed by atoms with E-state index in [0.717, 1.165) is 57.3 Å². The molecule has 1 aliphatic carbocycles. The largest absolute Gasteiger partial charge is 0.497 e. The van der Waals surface area contributed by atoms with Gasteiger partial charge >= 0.3 is 0 Å². The molecule has 0 saturated carbocycles. The van der Waals surface area contributed by atoms with Gasteiger partial charge in [0.1, 0.15) is 5.75 Å². The molecule has 5 aromatic rings. The normalized spacial score (nSPS) is 17.4. The van der Waals surface area contributed by atoms with Crippen molar-refractivity contribution in [1.29, 1.82) is 0 Å². The molecule has 3 heterocycles. The standard InChI is InChI=1S/C33H29N3O2/c1-38-24-16-14-22(15-17-24)19-35-20-29(32(33(35)37)27-18-34-30-12-6-4-10-25(27)30)28-21-36(23-8-2-3-9-23)31-13-7-5-11-26(28)31/h2,4-8,10-18,21,23,34H,3,9,19-20H2,1H3/t23-/m0/s1. The van der Waals surface area contributed by atoms with Crippen LogP contribution in [0.25, 0.3) is 33.0 Å². The zero-order chi connectivity index (χ0) is 25.6. The van der Waals surface area contributed by atoms with E-state index in [0.29, 0.717) is 19.1 Å². The van der Waals surface area contributed by atoms with Gasteiger partial charge in [0.15, 0.2) is 0 Å². The SMILES string of the molecule is COc1ccc(CN2CC(c3cn([C@H]4C=CCC4)c4ccccc34)=C(c3c[nH]c4ccccc34)C2=O)cc1. The Labute approximate surface area is 221 Å². The molecule has 0 bridgehead atoms. The Morgan fingerprint density at radius 1 is 0.947 bits per heavy atom. The molecule has 0 radical (unpaired) electrons. The number of methoxy groups -OCH3 is 1. The van der Waals surface area contributed by atoms with E-state index in [2.05, 4.69) is 64.3 Å². The van der Waals surface area contributed by atoms with Gasteiger partial charge in [-0.1, -0.05) is 60.7 Å². The first-order valence-corrected chi connectivity index (χ1v) is 13.2. The molecule has 0 spiro atoms. The van der Waals surface area contributed by atoms with Gasteiger partial charge in [0.05, 0.1) is 18.7 Å². The predicted molar refractivity (Wildman–Crippen MR) is 153 cm³/mol. The van der Waals surface area contributed by atoms with E-state index in [4.69, 9.17) is 4.74 Å². The van der Waals surface area contributed by atoms with E-state index in [1.807, 2.05) is 47.5 Å². The Balaban J connectivity index is 1.38. The average molecular weight is 500 g/mol. The second-order valence-corrected chi connectivity index (χ2v) is 10.2. The number of carbonyl (C=O) groups excluding carboxylic acids is 1. The molecular weight excluding hydrogens is 470 g/mol. The summed E-state index contributed by atoms with van der Waals surface area (Å²) in [5.41, 5.74) is 7.32. The molecule has 3 aromatic carbocycles. The molecule has 0 fully saturated rings. The number of allylic oxidation sites excluding steroid dienone is 2. The minimum Gasteiger partial charge on any atom is -0.497 e. The van der Waals surface area contributed by atoms with Crippen LogP contribution in [0.4, 0.5) is 0 Å². The lowest BCUT2D eigenvalue weighted by Gasteiger charge is -2.17. The predicted octanol–water partition coefficient (Wildman–Crippen LogP) is 6.98. The number of hydrogen-bond acceptors (Lipinski definition) is 2. The van der Waals surface area contributed by atoms with Gasteiger partial charge in [-0.2, -0.15) is 0 Å². The van der Waals surface area contributed by atoms with Gasteiger partial charge in [0.25, 0.3) is 5.91 Å². The molecule has 1 N–H and O–H groups in total. The third-order valence-electron chi connectivity index (χ3n) is 7.95. The monoisotopic (exact) mass is 499 g/mol. The highest BCUT2D eigenvalue weighted by Crippen LogP contribution is 2.42. The zero-order valence-electron chi connectivity index (χ0n) is 21.4. The second-order valence-electron chi connectivity index (χ2n) is 10.2. The Morgan fingerprint density at radius 3 is 2.53 bits per heavy atom. The number of hydrogen-bond donors (Lipinski definition) is 1. The number of aromatic nitrogens is 2. The minimum absolute atomic E-state index is 0.0677. The van der Waals surface area contributed by atoms with Gasteiger partial charge in [-0.15, -0.1) is 0 Å². The van der Waals surface area contributed by atoms with Crippen LogP contribution in [0.1, 0.15) is 35.6 Å². The van der Waals surface area contributed by atoms with E-state index in [-0.39, 0.29) is 5.91 Å². The molecule has 2 aromatic heterocycles. The van der Waals surface area contributed by atoms with Crippen LogP contribution in [0.3, 0.4) is 0 Å². The fraction of sp³-hybridized carbons (Fsp3) is 0.182. The van der Waals surface area contributed by atoms with Crippen molar-refractivity contribution in [3.05, 3.63) is 114 Å². The molecule has 38 heavy (non-hydrogen) atoms. The molecule has 188 valence electrons. The fourth-order valence-electron chi connectivity index (χ4n) is 6.05. The average Bonchev–Trinajstić information content (AvgIpc) is 3.75. The lowest BCUT2D eigenvalue weighted by atomic mass is 9.96. The molecule has 1 amide bonds. The van der Waals surface area contributed by atoms with Crippen LogP contribution in [0.5, 0.6) is 5.75 Å². The summed E-state index contributed by atoms with van der Waals surface area (Å²) in [5, 5.41) is 2.27. The Kier molecular flexibility index (Phi) is 5.43. The van der Waals surface area contributed by atoms with Gasteiger partial charge in [-0.25, -0.2) is 0 Å². The first kappa shape index (κ1) is 22.7. The highest BCUT2D eigenvalue weighted by molar-refractivity contribution is 6.33. The molecule has 5 heteroatoms. The molecule has 7 rings (SSSR count). The van der Waals surface area contributed by atoms with Crippen molar-refractivity contribution >= 4 is 38.9 Å². The number of fused-ring (bicyclic) bond motifs is 2. The van der Waals surface area contributed by atoms with E-state index < -0.39 is 0 Å². The quantitative estimate of drug-likeness (QED) is 0.256. The summed E-state index contributed by atoms with van der Waals surface area (Å²) < 4.78 is 7.72. The zero-order valence-corrected chi connectivity index (χ0v) is 21.4. The van der Waals surface area contributed by atoms with Crippen LogP contribution < -0.4 is 4.74 Å². The van der Waals surface area contributed by atoms with Crippen molar-refractivity contribution in [1.82, 2.24) is 14.5 Å². The maximum absolute atomic E-state index is 14.2. The molecule has 1 atom stereocenters. The van der Waals surface area contributed by atoms with Gasteiger partial charge < -0.3 is 19.2 Å². The number of amides is 1. The van der Waals surface area contributed by atoms with Crippen LogP contribution in [0.2, 0.25) is 0 Å². The number of H-pyrrole nitrogens is 1. The van der Waals surface area contributed by atoms with Crippen LogP contribution in [-0.2, 0) is 11.3 Å². The molecular formula is C33H29N3O2. The molecule has 0 unspecified atom stereocenters. The maximum Gasteiger partial charge on any atom is 0.255 e. The Hall–Kier alpha value is -4.51. The first-order valence-electron chi connectivity index (χ1n) is 13.2. The van der Waals surface area contributed by atoms with Crippen molar-refractivity contribution in [2.24, 2.45) is 0 Å². The van der Waals surface area contributed by atoms with E-state index in [1.54, 1.807) is 7.11 Å². The number of nitrogens with one attached hydrogen (secondary N) is 1. The summed E-state index contributed by atoms with van der Waals surface area (Å²) in [7, 11) is 1.67. The fourth-order valence-corrected chi connectivity index (χ4v) is 6.05. The molecule has 5 nitrogen and oxygen atoms in total. The maximum atomic E-state index is 14.2. The van der Waals surface area contributed by atoms with Crippen molar-refractivity contribution in [2.45, 2.75) is 25.4 Å². The lowest BCUT2D eigenvalue weighted by Crippen LogP contribution is -2.26. The lowest BCUT2D eigenvalue weighted by molar-refractivity contribution is -0.124. The number of benzene rings is 3. The Morgan fingerprint density at radius 2 is 1.74 bits per heavy atom. The highest BCUT2D eigenvalue weighted by Gasteiger charge is 2.35.